The third-order valence-electron chi connectivity index (χ3n) is 3.79. The third-order valence-corrected chi connectivity index (χ3v) is 3.79. The highest BCUT2D eigenvalue weighted by Crippen LogP contribution is 2.38. The van der Waals surface area contributed by atoms with Gasteiger partial charge in [0.1, 0.15) is 11.5 Å². The molecule has 0 bridgehead atoms. The monoisotopic (exact) mass is 272 g/mol. The Hall–Kier alpha value is -1.56. The second kappa shape index (κ2) is 4.85. The molecule has 0 aliphatic heterocycles. The van der Waals surface area contributed by atoms with Gasteiger partial charge < -0.3 is 11.1 Å². The fourth-order valence-corrected chi connectivity index (χ4v) is 2.39. The smallest absolute Gasteiger partial charge is 0.232 e. The molecule has 3 nitrogen and oxygen atoms in total. The van der Waals surface area contributed by atoms with Crippen molar-refractivity contribution in [1.29, 1.82) is 0 Å². The van der Waals surface area contributed by atoms with Gasteiger partial charge in [-0.05, 0) is 19.8 Å². The number of benzene rings is 1. The van der Waals surface area contributed by atoms with Crippen molar-refractivity contribution in [2.75, 3.05) is 5.32 Å². The molecule has 1 amide bonds. The van der Waals surface area contributed by atoms with Gasteiger partial charge >= 0.3 is 0 Å². The minimum atomic E-state index is -1.14. The summed E-state index contributed by atoms with van der Waals surface area (Å²) in [7, 11) is 0. The van der Waals surface area contributed by atoms with Gasteiger partial charge in [-0.15, -0.1) is 0 Å². The van der Waals surface area contributed by atoms with Crippen LogP contribution in [0.5, 0.6) is 0 Å². The molecule has 2 unspecified atom stereocenters. The summed E-state index contributed by atoms with van der Waals surface area (Å²) >= 11 is 0. The summed E-state index contributed by atoms with van der Waals surface area (Å²) in [5, 5.41) is 2.18. The molecule has 1 aromatic rings. The van der Waals surface area contributed by atoms with Crippen molar-refractivity contribution in [3.63, 3.8) is 0 Å². The molecule has 2 rings (SSSR count). The van der Waals surface area contributed by atoms with Crippen LogP contribution in [-0.2, 0) is 4.79 Å². The van der Waals surface area contributed by atoms with Gasteiger partial charge in [0.2, 0.25) is 5.91 Å². The van der Waals surface area contributed by atoms with Crippen LogP contribution in [-0.4, -0.2) is 11.9 Å². The average molecular weight is 272 g/mol. The molecule has 1 aliphatic carbocycles. The van der Waals surface area contributed by atoms with Gasteiger partial charge in [-0.3, -0.25) is 4.79 Å². The highest BCUT2D eigenvalue weighted by Gasteiger charge is 2.43. The molecule has 2 atom stereocenters. The van der Waals surface area contributed by atoms with Gasteiger partial charge in [0.15, 0.2) is 11.6 Å². The van der Waals surface area contributed by atoms with E-state index in [4.69, 9.17) is 5.73 Å². The molecule has 1 fully saturated rings. The Kier molecular flexibility index (Phi) is 3.54. The Labute approximate surface area is 109 Å². The fourth-order valence-electron chi connectivity index (χ4n) is 2.39. The van der Waals surface area contributed by atoms with Gasteiger partial charge in [0.05, 0.1) is 5.41 Å². The van der Waals surface area contributed by atoms with Gasteiger partial charge in [0.25, 0.3) is 0 Å². The quantitative estimate of drug-likeness (QED) is 0.869. The summed E-state index contributed by atoms with van der Waals surface area (Å²) in [4.78, 5) is 12.1. The molecular formula is C13H15F3N2O. The summed E-state index contributed by atoms with van der Waals surface area (Å²) in [6.07, 6.45) is 2.04. The molecule has 19 heavy (non-hydrogen) atoms. The van der Waals surface area contributed by atoms with Gasteiger partial charge in [-0.25, -0.2) is 13.2 Å². The zero-order valence-electron chi connectivity index (χ0n) is 10.5. The van der Waals surface area contributed by atoms with E-state index in [0.29, 0.717) is 25.0 Å². The average Bonchev–Trinajstić information content (AvgIpc) is 2.65. The Morgan fingerprint density at radius 3 is 2.42 bits per heavy atom. The molecule has 0 saturated heterocycles. The number of carbonyl (C=O) groups is 1. The Bertz CT molecular complexity index is 498. The Morgan fingerprint density at radius 2 is 1.95 bits per heavy atom. The number of nitrogens with one attached hydrogen (secondary N) is 1. The molecule has 6 heteroatoms. The highest BCUT2D eigenvalue weighted by molar-refractivity contribution is 5.96. The van der Waals surface area contributed by atoms with Gasteiger partial charge in [-0.2, -0.15) is 0 Å². The summed E-state index contributed by atoms with van der Waals surface area (Å²) in [6.45, 7) is 1.67. The molecule has 0 spiro atoms. The van der Waals surface area contributed by atoms with E-state index in [9.17, 15) is 18.0 Å². The molecule has 3 N–H and O–H groups in total. The van der Waals surface area contributed by atoms with Crippen LogP contribution in [0.4, 0.5) is 18.9 Å². The van der Waals surface area contributed by atoms with Crippen molar-refractivity contribution < 1.29 is 18.0 Å². The Balaban J connectivity index is 2.25. The van der Waals surface area contributed by atoms with E-state index in [1.54, 1.807) is 6.92 Å². The van der Waals surface area contributed by atoms with E-state index in [1.807, 2.05) is 0 Å². The number of hydrogen-bond acceptors (Lipinski definition) is 2. The van der Waals surface area contributed by atoms with Crippen LogP contribution in [0.2, 0.25) is 0 Å². The summed E-state index contributed by atoms with van der Waals surface area (Å²) < 4.78 is 39.7. The molecule has 104 valence electrons. The zero-order chi connectivity index (χ0) is 14.2. The van der Waals surface area contributed by atoms with E-state index < -0.39 is 34.5 Å². The molecule has 1 aromatic carbocycles. The first-order valence-electron chi connectivity index (χ1n) is 6.06. The maximum atomic E-state index is 13.5. The zero-order valence-corrected chi connectivity index (χ0v) is 10.5. The van der Waals surface area contributed by atoms with Crippen LogP contribution in [0.15, 0.2) is 12.1 Å². The second-order valence-electron chi connectivity index (χ2n) is 5.11. The van der Waals surface area contributed by atoms with E-state index in [-0.39, 0.29) is 6.04 Å². The van der Waals surface area contributed by atoms with Crippen LogP contribution in [0.25, 0.3) is 0 Å². The van der Waals surface area contributed by atoms with Crippen molar-refractivity contribution in [1.82, 2.24) is 0 Å². The number of carbonyl (C=O) groups excluding carboxylic acids is 1. The van der Waals surface area contributed by atoms with Gasteiger partial charge in [-0.1, -0.05) is 6.42 Å². The van der Waals surface area contributed by atoms with Crippen molar-refractivity contribution in [3.05, 3.63) is 29.6 Å². The first kappa shape index (κ1) is 13.9. The summed E-state index contributed by atoms with van der Waals surface area (Å²) in [5.74, 6) is -3.85. The first-order chi connectivity index (χ1) is 8.84. The topological polar surface area (TPSA) is 55.1 Å². The molecule has 0 aromatic heterocycles. The molecule has 1 aliphatic rings. The predicted molar refractivity (Wildman–Crippen MR) is 64.9 cm³/mol. The second-order valence-corrected chi connectivity index (χ2v) is 5.11. The summed E-state index contributed by atoms with van der Waals surface area (Å²) in [5.41, 5.74) is 4.37. The van der Waals surface area contributed by atoms with Gasteiger partial charge in [0, 0.05) is 18.2 Å². The van der Waals surface area contributed by atoms with Crippen molar-refractivity contribution >= 4 is 11.6 Å². The lowest BCUT2D eigenvalue weighted by atomic mass is 9.84. The highest BCUT2D eigenvalue weighted by atomic mass is 19.1. The number of halogens is 3. The SMILES string of the molecule is CC1(C(=O)Nc2c(F)cc(F)cc2F)CCCC1N. The van der Waals surface area contributed by atoms with Crippen LogP contribution in [0, 0.1) is 22.9 Å². The number of anilines is 1. The molecule has 0 radical (unpaired) electrons. The lowest BCUT2D eigenvalue weighted by Gasteiger charge is -2.27. The maximum absolute atomic E-state index is 13.5. The lowest BCUT2D eigenvalue weighted by Crippen LogP contribution is -2.44. The van der Waals surface area contributed by atoms with E-state index in [1.165, 1.54) is 0 Å². The minimum absolute atomic E-state index is 0.348. The van der Waals surface area contributed by atoms with E-state index in [0.717, 1.165) is 6.42 Å². The number of rotatable bonds is 2. The van der Waals surface area contributed by atoms with Crippen LogP contribution >= 0.6 is 0 Å². The molecule has 0 heterocycles. The standard InChI is InChI=1S/C13H15F3N2O/c1-13(4-2-3-10(13)17)12(19)18-11-8(15)5-7(14)6-9(11)16/h5-6,10H,2-4,17H2,1H3,(H,18,19). The van der Waals surface area contributed by atoms with Crippen molar-refractivity contribution in [3.8, 4) is 0 Å². The normalized spacial score (nSPS) is 26.5. The van der Waals surface area contributed by atoms with Crippen molar-refractivity contribution in [2.24, 2.45) is 11.1 Å². The maximum Gasteiger partial charge on any atom is 0.232 e. The Morgan fingerprint density at radius 1 is 1.37 bits per heavy atom. The van der Waals surface area contributed by atoms with E-state index >= 15 is 0 Å². The third kappa shape index (κ3) is 2.45. The first-order valence-corrected chi connectivity index (χ1v) is 6.06. The number of nitrogens with two attached hydrogens (primary N) is 1. The van der Waals surface area contributed by atoms with Crippen LogP contribution < -0.4 is 11.1 Å². The van der Waals surface area contributed by atoms with Crippen molar-refractivity contribution in [2.45, 2.75) is 32.2 Å². The van der Waals surface area contributed by atoms with E-state index in [2.05, 4.69) is 5.32 Å². The predicted octanol–water partition coefficient (Wildman–Crippen LogP) is 2.56. The number of hydrogen-bond donors (Lipinski definition) is 2. The number of amides is 1. The van der Waals surface area contributed by atoms with Crippen LogP contribution in [0.3, 0.4) is 0 Å². The molecular weight excluding hydrogens is 257 g/mol. The summed E-state index contributed by atoms with van der Waals surface area (Å²) in [6, 6.07) is 0.699. The fraction of sp³-hybridized carbons (Fsp3) is 0.462. The van der Waals surface area contributed by atoms with Crippen LogP contribution in [0.1, 0.15) is 26.2 Å². The lowest BCUT2D eigenvalue weighted by molar-refractivity contribution is -0.125. The largest absolute Gasteiger partial charge is 0.327 e. The molecule has 1 saturated carbocycles. The minimum Gasteiger partial charge on any atom is -0.327 e.